The van der Waals surface area contributed by atoms with E-state index in [4.69, 9.17) is 0 Å². The number of urea groups is 1. The van der Waals surface area contributed by atoms with Gasteiger partial charge in [-0.25, -0.2) is 4.79 Å². The summed E-state index contributed by atoms with van der Waals surface area (Å²) >= 11 is 0. The third-order valence-electron chi connectivity index (χ3n) is 1.98. The molecule has 1 aliphatic rings. The van der Waals surface area contributed by atoms with Gasteiger partial charge in [-0.05, 0) is 39.9 Å². The Bertz CT molecular complexity index is 166. The van der Waals surface area contributed by atoms with E-state index < -0.39 is 0 Å². The van der Waals surface area contributed by atoms with Crippen molar-refractivity contribution < 1.29 is 4.79 Å². The summed E-state index contributed by atoms with van der Waals surface area (Å²) in [5, 5.41) is 5.71. The van der Waals surface area contributed by atoms with Crippen LogP contribution in [0.1, 0.15) is 19.3 Å². The van der Waals surface area contributed by atoms with Crippen molar-refractivity contribution in [2.24, 2.45) is 0 Å². The molecule has 0 heterocycles. The normalized spacial score (nSPS) is 15.9. The van der Waals surface area contributed by atoms with Gasteiger partial charge in [0, 0.05) is 12.6 Å². The minimum absolute atomic E-state index is 0.0127. The smallest absolute Gasteiger partial charge is 0.315 e. The highest BCUT2D eigenvalue weighted by molar-refractivity contribution is 5.74. The quantitative estimate of drug-likeness (QED) is 0.609. The zero-order valence-electron chi connectivity index (χ0n) is 8.47. The van der Waals surface area contributed by atoms with Crippen LogP contribution in [0.2, 0.25) is 0 Å². The van der Waals surface area contributed by atoms with Crippen molar-refractivity contribution in [1.29, 1.82) is 0 Å². The van der Waals surface area contributed by atoms with Crippen molar-refractivity contribution in [3.8, 4) is 0 Å². The van der Waals surface area contributed by atoms with E-state index in [1.165, 1.54) is 0 Å². The van der Waals surface area contributed by atoms with Gasteiger partial charge in [-0.1, -0.05) is 0 Å². The van der Waals surface area contributed by atoms with Crippen LogP contribution in [-0.2, 0) is 0 Å². The number of carbonyl (C=O) groups is 1. The molecule has 13 heavy (non-hydrogen) atoms. The Hall–Kier alpha value is -0.770. The first-order chi connectivity index (χ1) is 6.18. The SMILES string of the molecule is CN(C)CCCNC(=O)NC1CC1. The molecule has 1 rings (SSSR count). The van der Waals surface area contributed by atoms with E-state index in [2.05, 4.69) is 15.5 Å². The van der Waals surface area contributed by atoms with Gasteiger partial charge in [0.25, 0.3) is 0 Å². The van der Waals surface area contributed by atoms with Crippen molar-refractivity contribution in [1.82, 2.24) is 15.5 Å². The zero-order valence-corrected chi connectivity index (χ0v) is 8.47. The zero-order chi connectivity index (χ0) is 9.68. The summed E-state index contributed by atoms with van der Waals surface area (Å²) in [5.74, 6) is 0. The van der Waals surface area contributed by atoms with E-state index in [0.29, 0.717) is 6.04 Å². The third-order valence-corrected chi connectivity index (χ3v) is 1.98. The number of hydrogen-bond donors (Lipinski definition) is 2. The fourth-order valence-electron chi connectivity index (χ4n) is 1.06. The van der Waals surface area contributed by atoms with E-state index in [1.807, 2.05) is 14.1 Å². The molecular weight excluding hydrogens is 166 g/mol. The van der Waals surface area contributed by atoms with Crippen LogP contribution in [0.3, 0.4) is 0 Å². The Morgan fingerprint density at radius 1 is 1.46 bits per heavy atom. The Morgan fingerprint density at radius 3 is 2.69 bits per heavy atom. The predicted molar refractivity (Wildman–Crippen MR) is 52.7 cm³/mol. The van der Waals surface area contributed by atoms with Gasteiger partial charge in [0.1, 0.15) is 0 Å². The maximum atomic E-state index is 11.1. The third kappa shape index (κ3) is 5.47. The summed E-state index contributed by atoms with van der Waals surface area (Å²) < 4.78 is 0. The number of amides is 2. The average molecular weight is 185 g/mol. The standard InChI is InChI=1S/C9H19N3O/c1-12(2)7-3-6-10-9(13)11-8-4-5-8/h8H,3-7H2,1-2H3,(H2,10,11,13). The van der Waals surface area contributed by atoms with Crippen LogP contribution in [0.15, 0.2) is 0 Å². The highest BCUT2D eigenvalue weighted by Crippen LogP contribution is 2.18. The fourth-order valence-corrected chi connectivity index (χ4v) is 1.06. The lowest BCUT2D eigenvalue weighted by molar-refractivity contribution is 0.240. The maximum Gasteiger partial charge on any atom is 0.315 e. The summed E-state index contributed by atoms with van der Waals surface area (Å²) in [6.45, 7) is 1.78. The molecule has 1 aliphatic carbocycles. The molecular formula is C9H19N3O. The van der Waals surface area contributed by atoms with E-state index in [-0.39, 0.29) is 6.03 Å². The van der Waals surface area contributed by atoms with Gasteiger partial charge < -0.3 is 15.5 Å². The van der Waals surface area contributed by atoms with E-state index in [1.54, 1.807) is 0 Å². The van der Waals surface area contributed by atoms with Crippen LogP contribution < -0.4 is 10.6 Å². The number of hydrogen-bond acceptors (Lipinski definition) is 2. The van der Waals surface area contributed by atoms with E-state index in [9.17, 15) is 4.79 Å². The van der Waals surface area contributed by atoms with E-state index in [0.717, 1.165) is 32.4 Å². The van der Waals surface area contributed by atoms with Gasteiger partial charge >= 0.3 is 6.03 Å². The molecule has 0 atom stereocenters. The second kappa shape index (κ2) is 5.07. The molecule has 0 aromatic heterocycles. The summed E-state index contributed by atoms with van der Waals surface area (Å²) in [7, 11) is 4.06. The molecule has 4 nitrogen and oxygen atoms in total. The van der Waals surface area contributed by atoms with Gasteiger partial charge in [-0.15, -0.1) is 0 Å². The van der Waals surface area contributed by atoms with Gasteiger partial charge in [-0.2, -0.15) is 0 Å². The van der Waals surface area contributed by atoms with Crippen molar-refractivity contribution in [2.45, 2.75) is 25.3 Å². The van der Waals surface area contributed by atoms with Crippen LogP contribution in [0.25, 0.3) is 0 Å². The van der Waals surface area contributed by atoms with Crippen molar-refractivity contribution in [2.75, 3.05) is 27.2 Å². The topological polar surface area (TPSA) is 44.4 Å². The Balaban J connectivity index is 1.89. The summed E-state index contributed by atoms with van der Waals surface area (Å²) in [4.78, 5) is 13.2. The molecule has 0 saturated heterocycles. The number of rotatable bonds is 5. The molecule has 0 aromatic rings. The highest BCUT2D eigenvalue weighted by atomic mass is 16.2. The first-order valence-electron chi connectivity index (χ1n) is 4.87. The lowest BCUT2D eigenvalue weighted by Gasteiger charge is -2.10. The second-order valence-electron chi connectivity index (χ2n) is 3.83. The largest absolute Gasteiger partial charge is 0.338 e. The van der Waals surface area contributed by atoms with Crippen molar-refractivity contribution in [3.05, 3.63) is 0 Å². The molecule has 0 radical (unpaired) electrons. The Labute approximate surface area is 79.7 Å². The van der Waals surface area contributed by atoms with E-state index >= 15 is 0 Å². The number of carbonyl (C=O) groups excluding carboxylic acids is 1. The lowest BCUT2D eigenvalue weighted by Crippen LogP contribution is -2.37. The molecule has 0 bridgehead atoms. The maximum absolute atomic E-state index is 11.1. The van der Waals surface area contributed by atoms with Crippen molar-refractivity contribution in [3.63, 3.8) is 0 Å². The average Bonchev–Trinajstić information content (AvgIpc) is 2.81. The van der Waals surface area contributed by atoms with Gasteiger partial charge in [-0.3, -0.25) is 0 Å². The monoisotopic (exact) mass is 185 g/mol. The van der Waals surface area contributed by atoms with Gasteiger partial charge in [0.15, 0.2) is 0 Å². The van der Waals surface area contributed by atoms with Crippen LogP contribution in [0, 0.1) is 0 Å². The second-order valence-corrected chi connectivity index (χ2v) is 3.83. The van der Waals surface area contributed by atoms with Crippen LogP contribution in [0.4, 0.5) is 4.79 Å². The number of nitrogens with one attached hydrogen (secondary N) is 2. The molecule has 0 spiro atoms. The van der Waals surface area contributed by atoms with Crippen LogP contribution in [-0.4, -0.2) is 44.2 Å². The highest BCUT2D eigenvalue weighted by Gasteiger charge is 2.22. The summed E-state index contributed by atoms with van der Waals surface area (Å²) in [6.07, 6.45) is 3.29. The minimum atomic E-state index is -0.0127. The van der Waals surface area contributed by atoms with Gasteiger partial charge in [0.05, 0.1) is 0 Å². The molecule has 2 amide bonds. The lowest BCUT2D eigenvalue weighted by atomic mass is 10.4. The Kier molecular flexibility index (Phi) is 4.02. The van der Waals surface area contributed by atoms with Crippen LogP contribution >= 0.6 is 0 Å². The molecule has 0 aromatic carbocycles. The molecule has 0 unspecified atom stereocenters. The first kappa shape index (κ1) is 10.3. The predicted octanol–water partition coefficient (Wildman–Crippen LogP) is 0.400. The van der Waals surface area contributed by atoms with Crippen LogP contribution in [0.5, 0.6) is 0 Å². The summed E-state index contributed by atoms with van der Waals surface area (Å²) in [5.41, 5.74) is 0. The molecule has 1 saturated carbocycles. The molecule has 4 heteroatoms. The first-order valence-corrected chi connectivity index (χ1v) is 4.87. The van der Waals surface area contributed by atoms with Crippen molar-refractivity contribution >= 4 is 6.03 Å². The van der Waals surface area contributed by atoms with Gasteiger partial charge in [0.2, 0.25) is 0 Å². The number of nitrogens with zero attached hydrogens (tertiary/aromatic N) is 1. The molecule has 0 aliphatic heterocycles. The molecule has 76 valence electrons. The summed E-state index contributed by atoms with van der Waals surface area (Å²) in [6, 6.07) is 0.440. The minimum Gasteiger partial charge on any atom is -0.338 e. The fraction of sp³-hybridized carbons (Fsp3) is 0.889. The molecule has 1 fully saturated rings. The molecule has 2 N–H and O–H groups in total. The Morgan fingerprint density at radius 2 is 2.15 bits per heavy atom.